The van der Waals surface area contributed by atoms with Crippen LogP contribution in [0.25, 0.3) is 16.2 Å². The number of nitrogens with two attached hydrogens (primary N) is 1. The van der Waals surface area contributed by atoms with Crippen molar-refractivity contribution in [2.75, 3.05) is 6.54 Å². The highest BCUT2D eigenvalue weighted by atomic mass is 32.1. The Kier molecular flexibility index (Phi) is 3.51. The first-order chi connectivity index (χ1) is 10.8. The molecule has 3 aromatic rings. The van der Waals surface area contributed by atoms with Gasteiger partial charge in [-0.1, -0.05) is 12.1 Å². The summed E-state index contributed by atoms with van der Waals surface area (Å²) >= 11 is 1.77. The molecule has 1 aliphatic rings. The van der Waals surface area contributed by atoms with Crippen molar-refractivity contribution in [1.82, 2.24) is 9.38 Å². The van der Waals surface area contributed by atoms with Crippen LogP contribution in [0.2, 0.25) is 0 Å². The molecule has 0 saturated heterocycles. The lowest BCUT2D eigenvalue weighted by Gasteiger charge is -2.17. The monoisotopic (exact) mass is 311 g/mol. The largest absolute Gasteiger partial charge is 0.330 e. The van der Waals surface area contributed by atoms with Crippen molar-refractivity contribution >= 4 is 16.3 Å². The molecule has 0 radical (unpaired) electrons. The average Bonchev–Trinajstić information content (AvgIpc) is 3.06. The molecular weight excluding hydrogens is 290 g/mol. The van der Waals surface area contributed by atoms with Crippen LogP contribution in [0.1, 0.15) is 34.5 Å². The molecule has 4 heteroatoms. The van der Waals surface area contributed by atoms with Gasteiger partial charge in [0, 0.05) is 17.0 Å². The smallest absolute Gasteiger partial charge is 0.194 e. The number of imidazole rings is 1. The molecular formula is C18H21N3S. The van der Waals surface area contributed by atoms with E-state index in [4.69, 9.17) is 5.73 Å². The number of aromatic nitrogens is 2. The third-order valence-electron chi connectivity index (χ3n) is 4.63. The van der Waals surface area contributed by atoms with E-state index in [9.17, 15) is 0 Å². The Morgan fingerprint density at radius 1 is 1.23 bits per heavy atom. The van der Waals surface area contributed by atoms with E-state index in [-0.39, 0.29) is 0 Å². The molecule has 0 atom stereocenters. The van der Waals surface area contributed by atoms with Crippen LogP contribution in [-0.4, -0.2) is 15.9 Å². The molecule has 4 rings (SSSR count). The van der Waals surface area contributed by atoms with Crippen LogP contribution in [0.3, 0.4) is 0 Å². The lowest BCUT2D eigenvalue weighted by Crippen LogP contribution is -2.06. The number of hydrogen-bond donors (Lipinski definition) is 1. The van der Waals surface area contributed by atoms with Gasteiger partial charge in [-0.2, -0.15) is 0 Å². The molecule has 1 aromatic carbocycles. The van der Waals surface area contributed by atoms with Crippen molar-refractivity contribution in [2.45, 2.75) is 39.0 Å². The molecule has 0 saturated carbocycles. The Hall–Kier alpha value is -1.65. The van der Waals surface area contributed by atoms with Crippen molar-refractivity contribution in [1.29, 1.82) is 0 Å². The second-order valence-electron chi connectivity index (χ2n) is 6.10. The van der Waals surface area contributed by atoms with Crippen molar-refractivity contribution < 1.29 is 0 Å². The summed E-state index contributed by atoms with van der Waals surface area (Å²) in [6.45, 7) is 2.85. The zero-order valence-corrected chi connectivity index (χ0v) is 13.7. The van der Waals surface area contributed by atoms with Crippen molar-refractivity contribution in [3.63, 3.8) is 0 Å². The quantitative estimate of drug-likeness (QED) is 0.800. The summed E-state index contributed by atoms with van der Waals surface area (Å²) in [7, 11) is 0. The number of rotatable bonds is 3. The maximum Gasteiger partial charge on any atom is 0.194 e. The molecule has 0 spiro atoms. The van der Waals surface area contributed by atoms with E-state index in [1.165, 1.54) is 58.6 Å². The van der Waals surface area contributed by atoms with Crippen molar-refractivity contribution in [3.8, 4) is 11.3 Å². The van der Waals surface area contributed by atoms with Crippen LogP contribution in [0.4, 0.5) is 0 Å². The molecule has 0 fully saturated rings. The zero-order valence-electron chi connectivity index (χ0n) is 12.9. The summed E-state index contributed by atoms with van der Waals surface area (Å²) in [4.78, 5) is 6.97. The fraction of sp³-hybridized carbons (Fsp3) is 0.389. The van der Waals surface area contributed by atoms with Gasteiger partial charge < -0.3 is 5.73 Å². The highest BCUT2D eigenvalue weighted by Gasteiger charge is 2.17. The average molecular weight is 311 g/mol. The molecule has 1 aliphatic carbocycles. The molecule has 3 nitrogen and oxygen atoms in total. The lowest BCUT2D eigenvalue weighted by atomic mass is 9.90. The fourth-order valence-corrected chi connectivity index (χ4v) is 4.54. The van der Waals surface area contributed by atoms with Gasteiger partial charge in [0.2, 0.25) is 0 Å². The number of thiazole rings is 1. The second-order valence-corrected chi connectivity index (χ2v) is 7.29. The van der Waals surface area contributed by atoms with Crippen LogP contribution < -0.4 is 5.73 Å². The maximum absolute atomic E-state index is 5.76. The Labute approximate surface area is 134 Å². The molecule has 2 N–H and O–H groups in total. The van der Waals surface area contributed by atoms with Gasteiger partial charge in [-0.3, -0.25) is 4.40 Å². The minimum Gasteiger partial charge on any atom is -0.330 e. The summed E-state index contributed by atoms with van der Waals surface area (Å²) in [5, 5.41) is 0. The van der Waals surface area contributed by atoms with Crippen LogP contribution in [0.5, 0.6) is 0 Å². The second kappa shape index (κ2) is 5.52. The van der Waals surface area contributed by atoms with Crippen LogP contribution in [0, 0.1) is 6.92 Å². The predicted octanol–water partition coefficient (Wildman–Crippen LogP) is 3.75. The van der Waals surface area contributed by atoms with E-state index < -0.39 is 0 Å². The summed E-state index contributed by atoms with van der Waals surface area (Å²) in [6, 6.07) is 7.01. The Morgan fingerprint density at radius 2 is 2.05 bits per heavy atom. The van der Waals surface area contributed by atoms with Gasteiger partial charge in [0.25, 0.3) is 0 Å². The first-order valence-electron chi connectivity index (χ1n) is 8.06. The SMILES string of the molecule is Cc1sc2ncc(CCN)n2c1-c1ccc2c(c1)CCCC2. The highest BCUT2D eigenvalue weighted by Crippen LogP contribution is 2.34. The van der Waals surface area contributed by atoms with Crippen LogP contribution in [-0.2, 0) is 19.3 Å². The van der Waals surface area contributed by atoms with Crippen LogP contribution >= 0.6 is 11.3 Å². The first-order valence-corrected chi connectivity index (χ1v) is 8.87. The van der Waals surface area contributed by atoms with E-state index in [1.54, 1.807) is 11.3 Å². The lowest BCUT2D eigenvalue weighted by molar-refractivity contribution is 0.686. The number of hydrogen-bond acceptors (Lipinski definition) is 3. The summed E-state index contributed by atoms with van der Waals surface area (Å²) in [6.07, 6.45) is 7.94. The Bertz CT molecular complexity index is 828. The van der Waals surface area contributed by atoms with Crippen molar-refractivity contribution in [3.05, 3.63) is 46.1 Å². The maximum atomic E-state index is 5.76. The standard InChI is InChI=1S/C18H21N3S/c1-12-17(21-16(8-9-19)11-20-18(21)22-12)15-7-6-13-4-2-3-5-14(13)10-15/h6-7,10-11H,2-5,8-9,19H2,1H3. The van der Waals surface area contributed by atoms with E-state index in [0.29, 0.717) is 6.54 Å². The van der Waals surface area contributed by atoms with Gasteiger partial charge in [-0.05, 0) is 61.9 Å². The minimum absolute atomic E-state index is 0.659. The van der Waals surface area contributed by atoms with E-state index >= 15 is 0 Å². The molecule has 0 unspecified atom stereocenters. The topological polar surface area (TPSA) is 43.3 Å². The summed E-state index contributed by atoms with van der Waals surface area (Å²) in [5.74, 6) is 0. The normalized spacial score (nSPS) is 14.5. The minimum atomic E-state index is 0.659. The number of fused-ring (bicyclic) bond motifs is 2. The van der Waals surface area contributed by atoms with E-state index in [2.05, 4.69) is 34.5 Å². The van der Waals surface area contributed by atoms with Gasteiger partial charge in [-0.25, -0.2) is 4.98 Å². The third kappa shape index (κ3) is 2.18. The van der Waals surface area contributed by atoms with Gasteiger partial charge >= 0.3 is 0 Å². The van der Waals surface area contributed by atoms with E-state index in [1.807, 2.05) is 6.20 Å². The molecule has 0 aliphatic heterocycles. The molecule has 2 heterocycles. The molecule has 0 amide bonds. The Balaban J connectivity index is 1.89. The fourth-order valence-electron chi connectivity index (χ4n) is 3.56. The highest BCUT2D eigenvalue weighted by molar-refractivity contribution is 7.17. The summed E-state index contributed by atoms with van der Waals surface area (Å²) < 4.78 is 2.30. The van der Waals surface area contributed by atoms with Crippen molar-refractivity contribution in [2.24, 2.45) is 5.73 Å². The molecule has 114 valence electrons. The molecule has 2 aromatic heterocycles. The van der Waals surface area contributed by atoms with Gasteiger partial charge in [0.05, 0.1) is 11.9 Å². The summed E-state index contributed by atoms with van der Waals surface area (Å²) in [5.41, 5.74) is 12.7. The predicted molar refractivity (Wildman–Crippen MR) is 92.6 cm³/mol. The molecule has 0 bridgehead atoms. The zero-order chi connectivity index (χ0) is 15.1. The van der Waals surface area contributed by atoms with Gasteiger partial charge in [-0.15, -0.1) is 11.3 Å². The Morgan fingerprint density at radius 3 is 2.86 bits per heavy atom. The number of benzene rings is 1. The number of aryl methyl sites for hydroxylation is 3. The first kappa shape index (κ1) is 14.0. The van der Waals surface area contributed by atoms with E-state index in [0.717, 1.165) is 11.4 Å². The third-order valence-corrected chi connectivity index (χ3v) is 5.60. The van der Waals surface area contributed by atoms with Crippen LogP contribution in [0.15, 0.2) is 24.4 Å². The van der Waals surface area contributed by atoms with Gasteiger partial charge in [0.15, 0.2) is 4.96 Å². The number of nitrogens with zero attached hydrogens (tertiary/aromatic N) is 2. The molecule has 22 heavy (non-hydrogen) atoms. The van der Waals surface area contributed by atoms with Gasteiger partial charge in [0.1, 0.15) is 0 Å².